The highest BCUT2D eigenvalue weighted by molar-refractivity contribution is 5.88. The van der Waals surface area contributed by atoms with Gasteiger partial charge in [-0.25, -0.2) is 0 Å². The minimum absolute atomic E-state index is 0.0661. The fourth-order valence-corrected chi connectivity index (χ4v) is 14.3. The highest BCUT2D eigenvalue weighted by atomic mass is 16.7. The first-order valence-corrected chi connectivity index (χ1v) is 20.6. The molecule has 0 radical (unpaired) electrons. The molecule has 272 valence electrons. The number of Topliss-reactive ketones (excluding diaryl/α,β-unsaturated/α-hetero) is 1. The van der Waals surface area contributed by atoms with Gasteiger partial charge >= 0.3 is 0 Å². The summed E-state index contributed by atoms with van der Waals surface area (Å²) < 4.78 is 13.3. The average molecular weight is 683 g/mol. The number of allylic oxidation sites excluding steroid dienone is 4. The maximum atomic E-state index is 12.2. The molecule has 50 heavy (non-hydrogen) atoms. The normalized spacial score (nSPS) is 49.9. The van der Waals surface area contributed by atoms with E-state index in [4.69, 9.17) is 9.47 Å². The lowest BCUT2D eigenvalue weighted by Gasteiger charge is -2.57. The van der Waals surface area contributed by atoms with Gasteiger partial charge in [0, 0.05) is 30.1 Å². The number of carbonyl (C=O) groups is 1. The van der Waals surface area contributed by atoms with Crippen LogP contribution in [0.3, 0.4) is 0 Å². The first kappa shape index (κ1) is 33.9. The second kappa shape index (κ2) is 11.8. The van der Waals surface area contributed by atoms with Crippen molar-refractivity contribution in [3.8, 4) is 5.75 Å². The number of phenols is 1. The maximum absolute atomic E-state index is 12.2. The molecule has 9 aliphatic rings. The Morgan fingerprint density at radius 1 is 0.900 bits per heavy atom. The number of phenolic OH excluding ortho intramolecular Hbond substituents is 1. The van der Waals surface area contributed by atoms with Gasteiger partial charge in [0.25, 0.3) is 0 Å². The van der Waals surface area contributed by atoms with E-state index in [9.17, 15) is 15.0 Å². The van der Waals surface area contributed by atoms with Crippen LogP contribution in [0.1, 0.15) is 135 Å². The zero-order valence-electron chi connectivity index (χ0n) is 31.4. The van der Waals surface area contributed by atoms with Gasteiger partial charge in [0.05, 0.1) is 18.8 Å². The molecule has 10 rings (SSSR count). The topological polar surface area (TPSA) is 76.0 Å². The van der Waals surface area contributed by atoms with Crippen molar-refractivity contribution in [3.63, 3.8) is 0 Å². The summed E-state index contributed by atoms with van der Waals surface area (Å²) in [5.74, 6) is 5.44. The van der Waals surface area contributed by atoms with Gasteiger partial charge in [-0.2, -0.15) is 0 Å². The van der Waals surface area contributed by atoms with E-state index in [0.717, 1.165) is 69.8 Å². The summed E-state index contributed by atoms with van der Waals surface area (Å²) in [5, 5.41) is 19.9. The van der Waals surface area contributed by atoms with Crippen LogP contribution >= 0.6 is 0 Å². The van der Waals surface area contributed by atoms with Crippen molar-refractivity contribution in [1.29, 1.82) is 0 Å². The van der Waals surface area contributed by atoms with Crippen LogP contribution < -0.4 is 0 Å². The van der Waals surface area contributed by atoms with E-state index in [1.165, 1.54) is 55.2 Å². The standard InChI is InChI=1S/C27H42O3.C18H20O2/c1-16-7-12-27(29-15-16)17(2)24-23(30-27)14-22-20-6-5-18-13-19(28)8-10-25(18,3)21(20)9-11-26(22,24)4;1-18-9-8-14-13-5-3-12(19)10-11(13)2-4-15(14)16(18)6-7-17(18)20/h9,16-20,22-24,28H,5-8,10-15H2,1-4H3;3-5,10,14,16,19H,2,6-9H2,1H3. The van der Waals surface area contributed by atoms with E-state index in [1.807, 2.05) is 6.07 Å². The first-order chi connectivity index (χ1) is 23.9. The molecule has 2 N–H and O–H groups in total. The van der Waals surface area contributed by atoms with Crippen molar-refractivity contribution in [2.75, 3.05) is 6.61 Å². The number of hydrogen-bond donors (Lipinski definition) is 2. The molecule has 0 bridgehead atoms. The van der Waals surface area contributed by atoms with Crippen LogP contribution in [0.4, 0.5) is 0 Å². The van der Waals surface area contributed by atoms with Crippen molar-refractivity contribution >= 4 is 5.78 Å². The zero-order valence-corrected chi connectivity index (χ0v) is 31.4. The predicted octanol–water partition coefficient (Wildman–Crippen LogP) is 9.45. The van der Waals surface area contributed by atoms with Crippen molar-refractivity contribution in [3.05, 3.63) is 52.6 Å². The lowest BCUT2D eigenvalue weighted by molar-refractivity contribution is -0.272. The number of rotatable bonds is 0. The van der Waals surface area contributed by atoms with Gasteiger partial charge < -0.3 is 19.7 Å². The summed E-state index contributed by atoms with van der Waals surface area (Å²) in [5.41, 5.74) is 6.49. The number of ether oxygens (including phenoxy) is 2. The molecule has 5 saturated carbocycles. The molecule has 5 nitrogen and oxygen atoms in total. The number of ketones is 1. The lowest BCUT2D eigenvalue weighted by Crippen LogP contribution is -2.50. The second-order valence-corrected chi connectivity index (χ2v) is 19.5. The van der Waals surface area contributed by atoms with Gasteiger partial charge in [-0.05, 0) is 147 Å². The van der Waals surface area contributed by atoms with Crippen LogP contribution in [-0.4, -0.2) is 40.6 Å². The Morgan fingerprint density at radius 3 is 2.52 bits per heavy atom. The summed E-state index contributed by atoms with van der Waals surface area (Å²) in [6, 6.07) is 5.79. The van der Waals surface area contributed by atoms with Gasteiger partial charge in [-0.3, -0.25) is 4.79 Å². The number of carbonyl (C=O) groups excluding carboxylic acids is 1. The number of benzene rings is 1. The number of aliphatic hydroxyl groups is 1. The highest BCUT2D eigenvalue weighted by Crippen LogP contribution is 2.70. The van der Waals surface area contributed by atoms with Crippen LogP contribution in [0, 0.1) is 57.7 Å². The van der Waals surface area contributed by atoms with Crippen molar-refractivity contribution in [2.24, 2.45) is 57.7 Å². The smallest absolute Gasteiger partial charge is 0.171 e. The van der Waals surface area contributed by atoms with Gasteiger partial charge in [0.2, 0.25) is 0 Å². The summed E-state index contributed by atoms with van der Waals surface area (Å²) in [7, 11) is 0. The van der Waals surface area contributed by atoms with Crippen molar-refractivity contribution < 1.29 is 24.5 Å². The molecule has 7 aliphatic carbocycles. The van der Waals surface area contributed by atoms with E-state index in [-0.39, 0.29) is 17.3 Å². The van der Waals surface area contributed by atoms with Gasteiger partial charge in [0.1, 0.15) is 11.5 Å². The number of hydrogen-bond acceptors (Lipinski definition) is 5. The fourth-order valence-electron chi connectivity index (χ4n) is 14.3. The number of aromatic hydroxyl groups is 1. The third kappa shape index (κ3) is 4.83. The molecule has 14 unspecified atom stereocenters. The molecule has 2 heterocycles. The minimum Gasteiger partial charge on any atom is -0.508 e. The molecule has 0 aromatic heterocycles. The molecule has 1 spiro atoms. The van der Waals surface area contributed by atoms with Crippen LogP contribution in [-0.2, 0) is 20.7 Å². The Morgan fingerprint density at radius 2 is 1.72 bits per heavy atom. The molecule has 14 atom stereocenters. The summed E-state index contributed by atoms with van der Waals surface area (Å²) >= 11 is 0. The third-order valence-corrected chi connectivity index (χ3v) is 17.1. The Labute approximate surface area is 300 Å². The Hall–Kier alpha value is -1.95. The minimum atomic E-state index is -0.303. The molecule has 1 aromatic rings. The van der Waals surface area contributed by atoms with Crippen molar-refractivity contribution in [1.82, 2.24) is 0 Å². The van der Waals surface area contributed by atoms with Crippen LogP contribution in [0.2, 0.25) is 0 Å². The maximum Gasteiger partial charge on any atom is 0.171 e. The summed E-state index contributed by atoms with van der Waals surface area (Å²) in [6.07, 6.45) is 20.7. The lowest BCUT2D eigenvalue weighted by atomic mass is 9.48. The van der Waals surface area contributed by atoms with Gasteiger partial charge in [-0.1, -0.05) is 64.0 Å². The summed E-state index contributed by atoms with van der Waals surface area (Å²) in [6.45, 7) is 12.9. The number of aliphatic hydroxyl groups excluding tert-OH is 1. The average Bonchev–Trinajstić information content (AvgIpc) is 3.67. The van der Waals surface area contributed by atoms with Crippen LogP contribution in [0.15, 0.2) is 41.5 Å². The second-order valence-electron chi connectivity index (χ2n) is 19.5. The highest BCUT2D eigenvalue weighted by Gasteiger charge is 2.68. The Kier molecular flexibility index (Phi) is 7.97. The van der Waals surface area contributed by atoms with E-state index in [1.54, 1.807) is 11.6 Å². The van der Waals surface area contributed by atoms with E-state index < -0.39 is 0 Å². The quantitative estimate of drug-likeness (QED) is 0.267. The van der Waals surface area contributed by atoms with E-state index in [2.05, 4.69) is 52.8 Å². The van der Waals surface area contributed by atoms with Crippen LogP contribution in [0.5, 0.6) is 5.75 Å². The molecular formula is C45H62O5. The SMILES string of the molecule is CC12CCC3C(=CCc4cc(O)ccc43)C1CCC2=O.CC1CCC2(OC1)OC1CC3C4CCC5CC(O)CCC5(C)C4=CCC3(C)C1C2C. The summed E-state index contributed by atoms with van der Waals surface area (Å²) in [4.78, 5) is 12.2. The molecule has 5 heteroatoms. The third-order valence-electron chi connectivity index (χ3n) is 17.1. The largest absolute Gasteiger partial charge is 0.508 e. The molecule has 0 amide bonds. The van der Waals surface area contributed by atoms with Gasteiger partial charge in [0.15, 0.2) is 5.79 Å². The monoisotopic (exact) mass is 682 g/mol. The molecule has 2 saturated heterocycles. The molecule has 1 aromatic carbocycles. The molecule has 2 aliphatic heterocycles. The fraction of sp³-hybridized carbons (Fsp3) is 0.756. The predicted molar refractivity (Wildman–Crippen MR) is 195 cm³/mol. The Balaban J connectivity index is 0.000000146. The first-order valence-electron chi connectivity index (χ1n) is 20.6. The van der Waals surface area contributed by atoms with Crippen molar-refractivity contribution in [2.45, 2.75) is 148 Å². The van der Waals surface area contributed by atoms with E-state index in [0.29, 0.717) is 64.0 Å². The van der Waals surface area contributed by atoms with Gasteiger partial charge in [-0.15, -0.1) is 0 Å². The molecular weight excluding hydrogens is 620 g/mol. The zero-order chi connectivity index (χ0) is 34.8. The number of fused-ring (bicyclic) bond motifs is 12. The Bertz CT molecular complexity index is 1600. The van der Waals surface area contributed by atoms with E-state index >= 15 is 0 Å². The molecule has 7 fully saturated rings. The van der Waals surface area contributed by atoms with Crippen LogP contribution in [0.25, 0.3) is 0 Å².